The highest BCUT2D eigenvalue weighted by atomic mass is 32.2. The number of hydrogen-bond acceptors (Lipinski definition) is 8. The first-order valence-corrected chi connectivity index (χ1v) is 7.96. The highest BCUT2D eigenvalue weighted by Crippen LogP contribution is 2.24. The molecule has 0 atom stereocenters. The fourth-order valence-corrected chi connectivity index (χ4v) is 3.19. The van der Waals surface area contributed by atoms with Crippen molar-refractivity contribution in [3.8, 4) is 0 Å². The summed E-state index contributed by atoms with van der Waals surface area (Å²) in [5, 5.41) is 11.4. The summed E-state index contributed by atoms with van der Waals surface area (Å²) in [5.74, 6) is 0.0341. The maximum atomic E-state index is 11.9. The Morgan fingerprint density at radius 3 is 2.95 bits per heavy atom. The van der Waals surface area contributed by atoms with Crippen LogP contribution in [0, 0.1) is 0 Å². The smallest absolute Gasteiger partial charge is 0.336 e. The van der Waals surface area contributed by atoms with Gasteiger partial charge >= 0.3 is 5.63 Å². The quantitative estimate of drug-likeness (QED) is 0.554. The minimum Gasteiger partial charge on any atom is -0.423 e. The van der Waals surface area contributed by atoms with Crippen molar-refractivity contribution < 1.29 is 9.21 Å². The van der Waals surface area contributed by atoms with Gasteiger partial charge in [-0.3, -0.25) is 4.79 Å². The van der Waals surface area contributed by atoms with E-state index in [0.717, 1.165) is 5.39 Å². The molecule has 2 heterocycles. The van der Waals surface area contributed by atoms with Gasteiger partial charge in [-0.25, -0.2) is 4.79 Å². The number of carbonyl (C=O) groups is 1. The van der Waals surface area contributed by atoms with Crippen LogP contribution in [0.4, 0.5) is 10.8 Å². The van der Waals surface area contributed by atoms with Crippen LogP contribution in [-0.4, -0.2) is 21.9 Å². The first-order valence-electron chi connectivity index (χ1n) is 6.16. The number of nitrogens with one attached hydrogen (secondary N) is 1. The fraction of sp³-hybridized carbons (Fsp3) is 0.0769. The second kappa shape index (κ2) is 6.16. The summed E-state index contributed by atoms with van der Waals surface area (Å²) in [7, 11) is 0. The van der Waals surface area contributed by atoms with Crippen LogP contribution >= 0.6 is 23.1 Å². The van der Waals surface area contributed by atoms with Crippen LogP contribution in [0.15, 0.2) is 43.9 Å². The third kappa shape index (κ3) is 3.43. The van der Waals surface area contributed by atoms with Gasteiger partial charge in [0.2, 0.25) is 11.0 Å². The Hall–Kier alpha value is -2.39. The van der Waals surface area contributed by atoms with Crippen molar-refractivity contribution in [3.63, 3.8) is 0 Å². The van der Waals surface area contributed by atoms with E-state index in [1.165, 1.54) is 29.2 Å². The summed E-state index contributed by atoms with van der Waals surface area (Å²) in [6, 6.07) is 8.05. The van der Waals surface area contributed by atoms with Crippen LogP contribution in [0.2, 0.25) is 0 Å². The monoisotopic (exact) mass is 334 g/mol. The molecule has 0 radical (unpaired) electrons. The number of rotatable bonds is 4. The number of benzene rings is 1. The molecule has 3 N–H and O–H groups in total. The number of carbonyl (C=O) groups excluding carboxylic acids is 1. The van der Waals surface area contributed by atoms with E-state index < -0.39 is 5.63 Å². The van der Waals surface area contributed by atoms with Crippen molar-refractivity contribution in [1.82, 2.24) is 10.2 Å². The molecule has 22 heavy (non-hydrogen) atoms. The van der Waals surface area contributed by atoms with E-state index in [2.05, 4.69) is 15.5 Å². The first-order chi connectivity index (χ1) is 10.6. The molecule has 112 valence electrons. The van der Waals surface area contributed by atoms with E-state index in [1.54, 1.807) is 24.3 Å². The Bertz CT molecular complexity index is 890. The molecule has 0 saturated heterocycles. The molecule has 0 spiro atoms. The van der Waals surface area contributed by atoms with Gasteiger partial charge in [-0.1, -0.05) is 23.1 Å². The minimum absolute atomic E-state index is 0.171. The number of nitrogen functional groups attached to an aromatic ring is 1. The minimum atomic E-state index is -0.406. The number of aromatic nitrogens is 2. The van der Waals surface area contributed by atoms with E-state index in [4.69, 9.17) is 10.2 Å². The maximum Gasteiger partial charge on any atom is 0.336 e. The third-order valence-corrected chi connectivity index (χ3v) is 4.54. The second-order valence-electron chi connectivity index (χ2n) is 4.25. The van der Waals surface area contributed by atoms with Crippen LogP contribution in [-0.2, 0) is 4.79 Å². The summed E-state index contributed by atoms with van der Waals surface area (Å²) >= 11 is 2.50. The third-order valence-electron chi connectivity index (χ3n) is 2.65. The Labute approximate surface area is 132 Å². The van der Waals surface area contributed by atoms with Gasteiger partial charge in [0, 0.05) is 17.1 Å². The Morgan fingerprint density at radius 2 is 2.18 bits per heavy atom. The van der Waals surface area contributed by atoms with Gasteiger partial charge < -0.3 is 15.5 Å². The highest BCUT2D eigenvalue weighted by Gasteiger charge is 2.08. The normalized spacial score (nSPS) is 10.7. The highest BCUT2D eigenvalue weighted by molar-refractivity contribution is 8.01. The van der Waals surface area contributed by atoms with Gasteiger partial charge in [0.15, 0.2) is 4.34 Å². The molecular weight excluding hydrogens is 324 g/mol. The lowest BCUT2D eigenvalue weighted by Gasteiger charge is -2.05. The van der Waals surface area contributed by atoms with E-state index in [1.807, 2.05) is 0 Å². The molecule has 0 aliphatic carbocycles. The van der Waals surface area contributed by atoms with Crippen molar-refractivity contribution in [2.24, 2.45) is 0 Å². The maximum absolute atomic E-state index is 11.9. The SMILES string of the molecule is Nc1nnc(SCC(=O)Nc2ccc3oc(=O)ccc3c2)s1. The van der Waals surface area contributed by atoms with Crippen molar-refractivity contribution in [2.45, 2.75) is 4.34 Å². The van der Waals surface area contributed by atoms with E-state index in [9.17, 15) is 9.59 Å². The molecule has 0 saturated carbocycles. The number of hydrogen-bond donors (Lipinski definition) is 2. The summed E-state index contributed by atoms with van der Waals surface area (Å²) in [6.45, 7) is 0. The van der Waals surface area contributed by atoms with Crippen LogP contribution in [0.3, 0.4) is 0 Å². The molecule has 0 aliphatic rings. The summed E-state index contributed by atoms with van der Waals surface area (Å²) in [6.07, 6.45) is 0. The van der Waals surface area contributed by atoms with Gasteiger partial charge in [0.25, 0.3) is 0 Å². The van der Waals surface area contributed by atoms with Gasteiger partial charge in [-0.2, -0.15) is 0 Å². The van der Waals surface area contributed by atoms with Crippen LogP contribution in [0.1, 0.15) is 0 Å². The average molecular weight is 334 g/mol. The molecule has 2 aromatic heterocycles. The van der Waals surface area contributed by atoms with Crippen molar-refractivity contribution in [2.75, 3.05) is 16.8 Å². The molecular formula is C13H10N4O3S2. The summed E-state index contributed by atoms with van der Waals surface area (Å²) in [5.41, 5.74) is 6.17. The molecule has 9 heteroatoms. The average Bonchev–Trinajstić information content (AvgIpc) is 2.91. The second-order valence-corrected chi connectivity index (χ2v) is 6.48. The zero-order chi connectivity index (χ0) is 15.5. The van der Waals surface area contributed by atoms with Crippen molar-refractivity contribution in [1.29, 1.82) is 0 Å². The number of thioether (sulfide) groups is 1. The molecule has 3 rings (SSSR count). The zero-order valence-electron chi connectivity index (χ0n) is 11.1. The number of nitrogens with zero attached hydrogens (tertiary/aromatic N) is 2. The topological polar surface area (TPSA) is 111 Å². The fourth-order valence-electron chi connectivity index (χ4n) is 1.75. The van der Waals surface area contributed by atoms with Gasteiger partial charge in [-0.15, -0.1) is 10.2 Å². The molecule has 1 aromatic carbocycles. The van der Waals surface area contributed by atoms with Gasteiger partial charge in [0.05, 0.1) is 5.75 Å². The lowest BCUT2D eigenvalue weighted by atomic mass is 10.2. The van der Waals surface area contributed by atoms with Crippen LogP contribution < -0.4 is 16.7 Å². The number of amides is 1. The number of nitrogens with two attached hydrogens (primary N) is 1. The summed E-state index contributed by atoms with van der Waals surface area (Å²) < 4.78 is 5.68. The first kappa shape index (κ1) is 14.5. The van der Waals surface area contributed by atoms with Gasteiger partial charge in [0.1, 0.15) is 5.58 Å². The van der Waals surface area contributed by atoms with Gasteiger partial charge in [-0.05, 0) is 24.3 Å². The van der Waals surface area contributed by atoms with Crippen LogP contribution in [0.5, 0.6) is 0 Å². The summed E-state index contributed by atoms with van der Waals surface area (Å²) in [4.78, 5) is 23.0. The molecule has 7 nitrogen and oxygen atoms in total. The lowest BCUT2D eigenvalue weighted by molar-refractivity contribution is -0.113. The Balaban J connectivity index is 1.66. The number of fused-ring (bicyclic) bond motifs is 1. The largest absolute Gasteiger partial charge is 0.423 e. The van der Waals surface area contributed by atoms with E-state index in [-0.39, 0.29) is 11.7 Å². The van der Waals surface area contributed by atoms with Crippen molar-refractivity contribution in [3.05, 3.63) is 40.8 Å². The number of anilines is 2. The lowest BCUT2D eigenvalue weighted by Crippen LogP contribution is -2.13. The molecule has 3 aromatic rings. The molecule has 1 amide bonds. The Morgan fingerprint density at radius 1 is 1.32 bits per heavy atom. The predicted octanol–water partition coefficient (Wildman–Crippen LogP) is 1.96. The van der Waals surface area contributed by atoms with E-state index in [0.29, 0.717) is 20.7 Å². The molecule has 0 bridgehead atoms. The van der Waals surface area contributed by atoms with Crippen molar-refractivity contribution >= 4 is 50.8 Å². The standard InChI is InChI=1S/C13H10N4O3S2/c14-12-16-17-13(22-12)21-6-10(18)15-8-2-3-9-7(5-8)1-4-11(19)20-9/h1-5H,6H2,(H2,14,16)(H,15,18). The van der Waals surface area contributed by atoms with Crippen LogP contribution in [0.25, 0.3) is 11.0 Å². The zero-order valence-corrected chi connectivity index (χ0v) is 12.7. The Kier molecular flexibility index (Phi) is 4.07. The molecule has 0 aliphatic heterocycles. The molecule has 0 fully saturated rings. The predicted molar refractivity (Wildman–Crippen MR) is 86.2 cm³/mol. The van der Waals surface area contributed by atoms with E-state index >= 15 is 0 Å². The molecule has 0 unspecified atom stereocenters.